The number of aldehydes is 1. The molecule has 0 amide bonds. The number of carboxylic acids is 1. The largest absolute Gasteiger partial charge is 0.492 e. The smallest absolute Gasteiger partial charge is 0.303 e. The van der Waals surface area contributed by atoms with Gasteiger partial charge in [0.25, 0.3) is 0 Å². The van der Waals surface area contributed by atoms with Crippen LogP contribution in [0.2, 0.25) is 5.02 Å². The molecule has 0 aliphatic heterocycles. The molecule has 0 aromatic heterocycles. The van der Waals surface area contributed by atoms with E-state index in [1.165, 1.54) is 20.3 Å². The molecule has 1 atom stereocenters. The van der Waals surface area contributed by atoms with E-state index >= 15 is 0 Å². The summed E-state index contributed by atoms with van der Waals surface area (Å²) in [6.07, 6.45) is 0.696. The van der Waals surface area contributed by atoms with Crippen LogP contribution in [0.15, 0.2) is 6.07 Å². The number of nitrogens with two attached hydrogens (primary N) is 1. The van der Waals surface area contributed by atoms with Crippen molar-refractivity contribution in [1.82, 2.24) is 0 Å². The quantitative estimate of drug-likeness (QED) is 0.748. The predicted molar refractivity (Wildman–Crippen MR) is 73.7 cm³/mol. The zero-order valence-electron chi connectivity index (χ0n) is 11.2. The molecule has 6 nitrogen and oxygen atoms in total. The van der Waals surface area contributed by atoms with Gasteiger partial charge in [0, 0.05) is 18.0 Å². The maximum atomic E-state index is 11.0. The number of hydrogen-bond donors (Lipinski definition) is 2. The third kappa shape index (κ3) is 3.40. The normalized spacial score (nSPS) is 11.8. The first kappa shape index (κ1) is 16.3. The Balaban J connectivity index is 3.28. The molecule has 0 saturated heterocycles. The Kier molecular flexibility index (Phi) is 5.79. The van der Waals surface area contributed by atoms with Crippen LogP contribution in [0.3, 0.4) is 0 Å². The number of carboxylic acid groups (broad SMARTS) is 1. The van der Waals surface area contributed by atoms with Gasteiger partial charge in [0.05, 0.1) is 24.8 Å². The van der Waals surface area contributed by atoms with Crippen LogP contribution in [0.1, 0.15) is 34.8 Å². The summed E-state index contributed by atoms with van der Waals surface area (Å²) >= 11 is 6.01. The molecule has 0 heterocycles. The van der Waals surface area contributed by atoms with E-state index in [-0.39, 0.29) is 34.9 Å². The number of hydrogen-bond acceptors (Lipinski definition) is 5. The van der Waals surface area contributed by atoms with Crippen molar-refractivity contribution in [3.8, 4) is 11.5 Å². The topological polar surface area (TPSA) is 98.9 Å². The molecule has 7 heteroatoms. The van der Waals surface area contributed by atoms with E-state index in [1.807, 2.05) is 0 Å². The van der Waals surface area contributed by atoms with Crippen molar-refractivity contribution in [3.05, 3.63) is 22.2 Å². The van der Waals surface area contributed by atoms with Gasteiger partial charge in [0.2, 0.25) is 0 Å². The van der Waals surface area contributed by atoms with Gasteiger partial charge in [0.15, 0.2) is 17.8 Å². The van der Waals surface area contributed by atoms with E-state index in [0.29, 0.717) is 11.8 Å². The fraction of sp³-hybridized carbons (Fsp3) is 0.385. The maximum Gasteiger partial charge on any atom is 0.303 e. The summed E-state index contributed by atoms with van der Waals surface area (Å²) in [5, 5.41) is 8.87. The Morgan fingerprint density at radius 1 is 1.45 bits per heavy atom. The van der Waals surface area contributed by atoms with Crippen molar-refractivity contribution in [2.24, 2.45) is 5.73 Å². The fourth-order valence-electron chi connectivity index (χ4n) is 1.87. The average Bonchev–Trinajstić information content (AvgIpc) is 2.43. The van der Waals surface area contributed by atoms with Gasteiger partial charge in [-0.1, -0.05) is 11.6 Å². The molecular formula is C13H16ClNO5. The molecule has 1 unspecified atom stereocenters. The standard InChI is InChI=1S/C13H16ClNO5/c1-19-12-7(10(15)3-4-11(17)18)5-9(14)8(6-16)13(12)20-2/h5-6,10H,3-4,15H2,1-2H3,(H,17,18). The van der Waals surface area contributed by atoms with Gasteiger partial charge in [-0.3, -0.25) is 9.59 Å². The summed E-state index contributed by atoms with van der Waals surface area (Å²) in [7, 11) is 2.79. The van der Waals surface area contributed by atoms with Crippen LogP contribution < -0.4 is 15.2 Å². The monoisotopic (exact) mass is 301 g/mol. The highest BCUT2D eigenvalue weighted by Gasteiger charge is 2.22. The zero-order chi connectivity index (χ0) is 15.3. The number of halogens is 1. The summed E-state index contributed by atoms with van der Waals surface area (Å²) in [5.74, 6) is -0.463. The highest BCUT2D eigenvalue weighted by atomic mass is 35.5. The Morgan fingerprint density at radius 3 is 2.50 bits per heavy atom. The van der Waals surface area contributed by atoms with Crippen molar-refractivity contribution in [2.45, 2.75) is 18.9 Å². The van der Waals surface area contributed by atoms with Crippen molar-refractivity contribution in [3.63, 3.8) is 0 Å². The predicted octanol–water partition coefficient (Wildman–Crippen LogP) is 2.03. The number of methoxy groups -OCH3 is 2. The highest BCUT2D eigenvalue weighted by molar-refractivity contribution is 6.33. The van der Waals surface area contributed by atoms with Crippen molar-refractivity contribution in [2.75, 3.05) is 14.2 Å². The summed E-state index contributed by atoms with van der Waals surface area (Å²) in [6, 6.07) is 0.909. The van der Waals surface area contributed by atoms with Gasteiger partial charge in [-0.05, 0) is 12.5 Å². The Hall–Kier alpha value is -1.79. The van der Waals surface area contributed by atoms with E-state index in [4.69, 9.17) is 31.9 Å². The third-order valence-electron chi connectivity index (χ3n) is 2.85. The van der Waals surface area contributed by atoms with E-state index in [1.54, 1.807) is 0 Å². The zero-order valence-corrected chi connectivity index (χ0v) is 11.9. The van der Waals surface area contributed by atoms with Crippen molar-refractivity contribution < 1.29 is 24.2 Å². The van der Waals surface area contributed by atoms with Crippen molar-refractivity contribution >= 4 is 23.9 Å². The summed E-state index contributed by atoms with van der Waals surface area (Å²) in [4.78, 5) is 21.6. The first-order chi connectivity index (χ1) is 9.46. The van der Waals surface area contributed by atoms with Gasteiger partial charge in [0.1, 0.15) is 0 Å². The van der Waals surface area contributed by atoms with Gasteiger partial charge >= 0.3 is 5.97 Å². The van der Waals surface area contributed by atoms with Gasteiger partial charge in [-0.25, -0.2) is 0 Å². The molecular weight excluding hydrogens is 286 g/mol. The van der Waals surface area contributed by atoms with Crippen LogP contribution >= 0.6 is 11.6 Å². The van der Waals surface area contributed by atoms with Crippen molar-refractivity contribution in [1.29, 1.82) is 0 Å². The molecule has 0 fully saturated rings. The lowest BCUT2D eigenvalue weighted by Crippen LogP contribution is -2.14. The van der Waals surface area contributed by atoms with Gasteiger partial charge in [-0.15, -0.1) is 0 Å². The van der Waals surface area contributed by atoms with E-state index < -0.39 is 12.0 Å². The molecule has 0 saturated carbocycles. The van der Waals surface area contributed by atoms with Crippen LogP contribution in [-0.2, 0) is 4.79 Å². The van der Waals surface area contributed by atoms with E-state index in [9.17, 15) is 9.59 Å². The summed E-state index contributed by atoms with van der Waals surface area (Å²) in [5.41, 5.74) is 6.63. The molecule has 20 heavy (non-hydrogen) atoms. The number of benzene rings is 1. The molecule has 1 rings (SSSR count). The van der Waals surface area contributed by atoms with E-state index in [0.717, 1.165) is 0 Å². The van der Waals surface area contributed by atoms with Crippen LogP contribution in [-0.4, -0.2) is 31.6 Å². The fourth-order valence-corrected chi connectivity index (χ4v) is 2.12. The van der Waals surface area contributed by atoms with Crippen LogP contribution in [0.4, 0.5) is 0 Å². The molecule has 0 spiro atoms. The first-order valence-corrected chi connectivity index (χ1v) is 6.20. The second-order valence-corrected chi connectivity index (χ2v) is 4.49. The molecule has 0 radical (unpaired) electrons. The molecule has 110 valence electrons. The molecule has 3 N–H and O–H groups in total. The lowest BCUT2D eigenvalue weighted by molar-refractivity contribution is -0.137. The number of aliphatic carboxylic acids is 1. The second kappa shape index (κ2) is 7.12. The number of ether oxygens (including phenoxy) is 2. The third-order valence-corrected chi connectivity index (χ3v) is 3.16. The minimum absolute atomic E-state index is 0.0836. The first-order valence-electron chi connectivity index (χ1n) is 5.83. The molecule has 1 aromatic carbocycles. The van der Waals surface area contributed by atoms with Crippen LogP contribution in [0, 0.1) is 0 Å². The second-order valence-electron chi connectivity index (χ2n) is 4.08. The van der Waals surface area contributed by atoms with Crippen LogP contribution in [0.5, 0.6) is 11.5 Å². The van der Waals surface area contributed by atoms with Gasteiger partial charge in [-0.2, -0.15) is 0 Å². The molecule has 1 aromatic rings. The average molecular weight is 302 g/mol. The number of rotatable bonds is 7. The number of carbonyl (C=O) groups is 2. The summed E-state index contributed by atoms with van der Waals surface area (Å²) < 4.78 is 10.4. The van der Waals surface area contributed by atoms with Crippen LogP contribution in [0.25, 0.3) is 0 Å². The minimum atomic E-state index is -0.943. The molecule has 0 aliphatic carbocycles. The summed E-state index contributed by atoms with van der Waals surface area (Å²) in [6.45, 7) is 0. The number of carbonyl (C=O) groups excluding carboxylic acids is 1. The van der Waals surface area contributed by atoms with E-state index in [2.05, 4.69) is 0 Å². The maximum absolute atomic E-state index is 11.0. The highest BCUT2D eigenvalue weighted by Crippen LogP contribution is 2.41. The van der Waals surface area contributed by atoms with Gasteiger partial charge < -0.3 is 20.3 Å². The lowest BCUT2D eigenvalue weighted by atomic mass is 9.99. The SMILES string of the molecule is COc1c(C(N)CCC(=O)O)cc(Cl)c(C=O)c1OC. The Labute approximate surface area is 121 Å². The minimum Gasteiger partial charge on any atom is -0.492 e. The Morgan fingerprint density at radius 2 is 2.05 bits per heavy atom. The Bertz CT molecular complexity index is 518. The molecule has 0 aliphatic rings. The molecule has 0 bridgehead atoms. The lowest BCUT2D eigenvalue weighted by Gasteiger charge is -2.19.